The van der Waals surface area contributed by atoms with Gasteiger partial charge in [-0.05, 0) is 24.7 Å². The highest BCUT2D eigenvalue weighted by Gasteiger charge is 2.43. The predicted molar refractivity (Wildman–Crippen MR) is 86.8 cm³/mol. The molecular formula is C17H21F2N5O. The molecular weight excluding hydrogens is 328 g/mol. The fourth-order valence-corrected chi connectivity index (χ4v) is 3.17. The predicted octanol–water partition coefficient (Wildman–Crippen LogP) is 2.43. The van der Waals surface area contributed by atoms with Crippen molar-refractivity contribution in [3.05, 3.63) is 18.1 Å². The Labute approximate surface area is 145 Å². The summed E-state index contributed by atoms with van der Waals surface area (Å²) in [5.74, 6) is -1.78. The number of hydrogen-bond donors (Lipinski definition) is 1. The third kappa shape index (κ3) is 4.21. The number of carbonyl (C=O) groups is 1. The summed E-state index contributed by atoms with van der Waals surface area (Å²) in [5, 5.41) is 11.4. The van der Waals surface area contributed by atoms with Crippen molar-refractivity contribution in [3.8, 4) is 6.07 Å². The van der Waals surface area contributed by atoms with Gasteiger partial charge in [-0.2, -0.15) is 5.26 Å². The first kappa shape index (κ1) is 17.5. The highest BCUT2D eigenvalue weighted by atomic mass is 19.3. The summed E-state index contributed by atoms with van der Waals surface area (Å²) < 4.78 is 28.9. The molecule has 3 atom stereocenters. The summed E-state index contributed by atoms with van der Waals surface area (Å²) in [5.41, 5.74) is 0.129. The maximum Gasteiger partial charge on any atom is 0.269 e. The van der Waals surface area contributed by atoms with Crippen LogP contribution in [-0.4, -0.2) is 45.8 Å². The van der Waals surface area contributed by atoms with Gasteiger partial charge < -0.3 is 10.2 Å². The van der Waals surface area contributed by atoms with Gasteiger partial charge in [0.15, 0.2) is 5.69 Å². The Morgan fingerprint density at radius 1 is 1.44 bits per heavy atom. The Balaban J connectivity index is 1.62. The summed E-state index contributed by atoms with van der Waals surface area (Å²) in [6.45, 7) is 2.48. The number of aromatic nitrogens is 2. The van der Waals surface area contributed by atoms with Crippen molar-refractivity contribution < 1.29 is 13.6 Å². The molecule has 2 heterocycles. The highest BCUT2D eigenvalue weighted by Crippen LogP contribution is 2.41. The van der Waals surface area contributed by atoms with Gasteiger partial charge in [0.1, 0.15) is 11.9 Å². The van der Waals surface area contributed by atoms with Gasteiger partial charge in [0.05, 0.1) is 18.4 Å². The van der Waals surface area contributed by atoms with E-state index in [1.807, 2.05) is 6.07 Å². The maximum absolute atomic E-state index is 14.4. The van der Waals surface area contributed by atoms with E-state index in [-0.39, 0.29) is 36.8 Å². The standard InChI is InChI=1S/C17H21F2N5O/c1-11-6-12(11)7-16(25)24-4-2-14(17(18,19)3-5-24)23-15-10-21-13(8-20)9-22-15/h9-12,14H,2-7H2,1H3,(H,22,23). The average Bonchev–Trinajstić information content (AvgIpc) is 3.30. The molecule has 0 bridgehead atoms. The van der Waals surface area contributed by atoms with Gasteiger partial charge in [0, 0.05) is 25.9 Å². The van der Waals surface area contributed by atoms with Gasteiger partial charge in [-0.25, -0.2) is 18.7 Å². The number of nitriles is 1. The van der Waals surface area contributed by atoms with Gasteiger partial charge in [-0.15, -0.1) is 0 Å². The Morgan fingerprint density at radius 3 is 2.80 bits per heavy atom. The lowest BCUT2D eigenvalue weighted by Gasteiger charge is -2.25. The molecule has 1 saturated carbocycles. The monoisotopic (exact) mass is 349 g/mol. The fourth-order valence-electron chi connectivity index (χ4n) is 3.17. The molecule has 0 radical (unpaired) electrons. The number of carbonyl (C=O) groups excluding carboxylic acids is 1. The number of hydrogen-bond acceptors (Lipinski definition) is 5. The van der Waals surface area contributed by atoms with Gasteiger partial charge in [0.2, 0.25) is 5.91 Å². The van der Waals surface area contributed by atoms with E-state index < -0.39 is 12.0 Å². The summed E-state index contributed by atoms with van der Waals surface area (Å²) in [7, 11) is 0. The third-order valence-corrected chi connectivity index (χ3v) is 5.07. The van der Waals surface area contributed by atoms with Crippen LogP contribution in [0.4, 0.5) is 14.6 Å². The van der Waals surface area contributed by atoms with Crippen molar-refractivity contribution in [1.29, 1.82) is 5.26 Å². The van der Waals surface area contributed by atoms with E-state index in [1.54, 1.807) is 4.90 Å². The van der Waals surface area contributed by atoms with Gasteiger partial charge >= 0.3 is 0 Å². The van der Waals surface area contributed by atoms with Crippen molar-refractivity contribution in [1.82, 2.24) is 14.9 Å². The largest absolute Gasteiger partial charge is 0.360 e. The van der Waals surface area contributed by atoms with Gasteiger partial charge in [-0.3, -0.25) is 4.79 Å². The summed E-state index contributed by atoms with van der Waals surface area (Å²) in [6.07, 6.45) is 3.80. The van der Waals surface area contributed by atoms with Crippen molar-refractivity contribution >= 4 is 11.7 Å². The molecule has 2 fully saturated rings. The Hall–Kier alpha value is -2.30. The number of alkyl halides is 2. The Morgan fingerprint density at radius 2 is 2.20 bits per heavy atom. The maximum atomic E-state index is 14.4. The van der Waals surface area contributed by atoms with Crippen LogP contribution < -0.4 is 5.32 Å². The van der Waals surface area contributed by atoms with Crippen LogP contribution in [0.15, 0.2) is 12.4 Å². The second kappa shape index (κ2) is 6.90. The number of nitrogens with one attached hydrogen (secondary N) is 1. The third-order valence-electron chi connectivity index (χ3n) is 5.07. The van der Waals surface area contributed by atoms with Crippen molar-refractivity contribution in [3.63, 3.8) is 0 Å². The first-order valence-corrected chi connectivity index (χ1v) is 8.53. The molecule has 1 aliphatic carbocycles. The number of halogens is 2. The normalized spacial score (nSPS) is 27.9. The lowest BCUT2D eigenvalue weighted by Crippen LogP contribution is -2.39. The number of amides is 1. The zero-order valence-electron chi connectivity index (χ0n) is 14.1. The first-order chi connectivity index (χ1) is 11.9. The number of nitrogens with zero attached hydrogens (tertiary/aromatic N) is 4. The molecule has 1 saturated heterocycles. The van der Waals surface area contributed by atoms with Crippen LogP contribution in [0.5, 0.6) is 0 Å². The summed E-state index contributed by atoms with van der Waals surface area (Å²) in [4.78, 5) is 21.6. The molecule has 0 aromatic carbocycles. The van der Waals surface area contributed by atoms with Crippen molar-refractivity contribution in [2.24, 2.45) is 11.8 Å². The van der Waals surface area contributed by atoms with Crippen LogP contribution in [0, 0.1) is 23.2 Å². The molecule has 3 unspecified atom stereocenters. The van der Waals surface area contributed by atoms with Crippen molar-refractivity contribution in [2.75, 3.05) is 18.4 Å². The number of anilines is 1. The minimum Gasteiger partial charge on any atom is -0.360 e. The van der Waals surface area contributed by atoms with E-state index in [1.165, 1.54) is 12.4 Å². The second-order valence-corrected chi connectivity index (χ2v) is 6.95. The van der Waals surface area contributed by atoms with Crippen LogP contribution in [0.25, 0.3) is 0 Å². The van der Waals surface area contributed by atoms with Crippen LogP contribution in [0.2, 0.25) is 0 Å². The topological polar surface area (TPSA) is 81.9 Å². The molecule has 8 heteroatoms. The second-order valence-electron chi connectivity index (χ2n) is 6.95. The molecule has 25 heavy (non-hydrogen) atoms. The number of rotatable bonds is 4. The molecule has 1 aliphatic heterocycles. The smallest absolute Gasteiger partial charge is 0.269 e. The van der Waals surface area contributed by atoms with Crippen LogP contribution >= 0.6 is 0 Å². The lowest BCUT2D eigenvalue weighted by atomic mass is 10.1. The van der Waals surface area contributed by atoms with E-state index in [2.05, 4.69) is 22.2 Å². The molecule has 1 amide bonds. The zero-order chi connectivity index (χ0) is 18.0. The Kier molecular flexibility index (Phi) is 4.84. The Bertz CT molecular complexity index is 673. The minimum atomic E-state index is -2.95. The summed E-state index contributed by atoms with van der Waals surface area (Å²) >= 11 is 0. The lowest BCUT2D eigenvalue weighted by molar-refractivity contribution is -0.131. The van der Waals surface area contributed by atoms with Crippen LogP contribution in [-0.2, 0) is 4.79 Å². The van der Waals surface area contributed by atoms with Crippen molar-refractivity contribution in [2.45, 2.75) is 44.6 Å². The fraction of sp³-hybridized carbons (Fsp3) is 0.647. The minimum absolute atomic E-state index is 0.0241. The van der Waals surface area contributed by atoms with Gasteiger partial charge in [0.25, 0.3) is 5.92 Å². The molecule has 1 N–H and O–H groups in total. The molecule has 134 valence electrons. The first-order valence-electron chi connectivity index (χ1n) is 8.53. The van der Waals surface area contributed by atoms with E-state index in [4.69, 9.17) is 5.26 Å². The van der Waals surface area contributed by atoms with E-state index in [9.17, 15) is 13.6 Å². The SMILES string of the molecule is CC1CC1CC(=O)N1CCC(Nc2cnc(C#N)cn2)C(F)(F)CC1. The molecule has 0 spiro atoms. The molecule has 1 aromatic rings. The molecule has 1 aromatic heterocycles. The van der Waals surface area contributed by atoms with E-state index in [0.29, 0.717) is 24.8 Å². The zero-order valence-corrected chi connectivity index (χ0v) is 14.1. The molecule has 3 rings (SSSR count). The van der Waals surface area contributed by atoms with E-state index in [0.717, 1.165) is 6.42 Å². The number of likely N-dealkylation sites (tertiary alicyclic amines) is 1. The average molecular weight is 349 g/mol. The van der Waals surface area contributed by atoms with Crippen LogP contribution in [0.1, 0.15) is 38.3 Å². The highest BCUT2D eigenvalue weighted by molar-refractivity contribution is 5.76. The quantitative estimate of drug-likeness (QED) is 0.903. The molecule has 2 aliphatic rings. The molecule has 6 nitrogen and oxygen atoms in total. The summed E-state index contributed by atoms with van der Waals surface area (Å²) in [6, 6.07) is 0.714. The van der Waals surface area contributed by atoms with Gasteiger partial charge in [-0.1, -0.05) is 6.92 Å². The van der Waals surface area contributed by atoms with Crippen LogP contribution in [0.3, 0.4) is 0 Å². The van der Waals surface area contributed by atoms with E-state index >= 15 is 0 Å².